The van der Waals surface area contributed by atoms with Crippen molar-refractivity contribution >= 4 is 23.6 Å². The van der Waals surface area contributed by atoms with E-state index in [0.717, 1.165) is 28.2 Å². The first-order chi connectivity index (χ1) is 12.6. The molecular formula is C18H22N7O+. The van der Waals surface area contributed by atoms with Crippen molar-refractivity contribution in [3.8, 4) is 11.3 Å². The number of hydrazone groups is 1. The zero-order valence-corrected chi connectivity index (χ0v) is 14.7. The summed E-state index contributed by atoms with van der Waals surface area (Å²) in [7, 11) is 2.02. The molecule has 0 unspecified atom stereocenters. The molecule has 1 aromatic carbocycles. The number of hydrogen-bond donors (Lipinski definition) is 4. The number of amides is 1. The lowest BCUT2D eigenvalue weighted by Gasteiger charge is -2.04. The molecule has 3 aromatic rings. The Morgan fingerprint density at radius 3 is 2.69 bits per heavy atom. The van der Waals surface area contributed by atoms with Crippen LogP contribution in [0.5, 0.6) is 0 Å². The molecule has 26 heavy (non-hydrogen) atoms. The summed E-state index contributed by atoms with van der Waals surface area (Å²) in [6.07, 6.45) is 5.34. The van der Waals surface area contributed by atoms with Gasteiger partial charge in [0, 0.05) is 25.1 Å². The number of fused-ring (bicyclic) bond motifs is 1. The molecule has 8 heteroatoms. The van der Waals surface area contributed by atoms with Crippen LogP contribution in [0.4, 0.5) is 5.69 Å². The van der Waals surface area contributed by atoms with E-state index in [-0.39, 0.29) is 5.91 Å². The maximum absolute atomic E-state index is 11.2. The van der Waals surface area contributed by atoms with Crippen molar-refractivity contribution in [3.05, 3.63) is 54.4 Å². The number of aryl methyl sites for hydroxylation is 1. The molecule has 0 aliphatic carbocycles. The van der Waals surface area contributed by atoms with E-state index in [0.29, 0.717) is 6.54 Å². The summed E-state index contributed by atoms with van der Waals surface area (Å²) in [6.45, 7) is 2.15. The van der Waals surface area contributed by atoms with Crippen LogP contribution in [0.1, 0.15) is 12.5 Å². The van der Waals surface area contributed by atoms with E-state index in [1.165, 1.54) is 13.3 Å². The number of imidazole rings is 1. The molecule has 0 saturated carbocycles. The summed E-state index contributed by atoms with van der Waals surface area (Å²) in [4.78, 5) is 11.2. The molecule has 0 bridgehead atoms. The van der Waals surface area contributed by atoms with Gasteiger partial charge in [-0.2, -0.15) is 5.10 Å². The number of anilines is 1. The Morgan fingerprint density at radius 2 is 2.00 bits per heavy atom. The third kappa shape index (κ3) is 3.81. The number of benzene rings is 1. The molecule has 0 spiro atoms. The Balaban J connectivity index is 1.83. The molecule has 5 N–H and O–H groups in total. The molecule has 0 fully saturated rings. The molecule has 0 saturated heterocycles. The highest BCUT2D eigenvalue weighted by Gasteiger charge is 2.16. The number of nitrogens with one attached hydrogen (secondary N) is 3. The zero-order chi connectivity index (χ0) is 18.5. The maximum Gasteiger partial charge on any atom is 0.286 e. The second-order valence-electron chi connectivity index (χ2n) is 5.91. The van der Waals surface area contributed by atoms with E-state index < -0.39 is 0 Å². The van der Waals surface area contributed by atoms with Gasteiger partial charge in [0.25, 0.3) is 5.65 Å². The first kappa shape index (κ1) is 17.4. The third-order valence-corrected chi connectivity index (χ3v) is 4.02. The van der Waals surface area contributed by atoms with Gasteiger partial charge in [0.1, 0.15) is 18.7 Å². The van der Waals surface area contributed by atoms with Gasteiger partial charge >= 0.3 is 0 Å². The number of carbonyl (C=O) groups excluding carboxylic acids is 1. The van der Waals surface area contributed by atoms with E-state index in [1.807, 2.05) is 36.0 Å². The summed E-state index contributed by atoms with van der Waals surface area (Å²) < 4.78 is 4.12. The second-order valence-corrected chi connectivity index (χ2v) is 5.91. The molecule has 0 radical (unpaired) electrons. The van der Waals surface area contributed by atoms with Crippen LogP contribution in [0, 0.1) is 0 Å². The minimum atomic E-state index is -0.0856. The minimum absolute atomic E-state index is 0.0856. The van der Waals surface area contributed by atoms with Gasteiger partial charge in [-0.05, 0) is 11.6 Å². The molecule has 3 rings (SSSR count). The van der Waals surface area contributed by atoms with Crippen LogP contribution in [0.3, 0.4) is 0 Å². The fourth-order valence-electron chi connectivity index (χ4n) is 2.81. The van der Waals surface area contributed by atoms with Crippen molar-refractivity contribution < 1.29 is 9.20 Å². The van der Waals surface area contributed by atoms with Crippen molar-refractivity contribution in [2.45, 2.75) is 13.5 Å². The van der Waals surface area contributed by atoms with Gasteiger partial charge in [0.2, 0.25) is 5.91 Å². The molecule has 8 nitrogen and oxygen atoms in total. The number of hydrazine groups is 1. The monoisotopic (exact) mass is 352 g/mol. The molecule has 2 aromatic heterocycles. The Hall–Kier alpha value is -3.39. The van der Waals surface area contributed by atoms with Gasteiger partial charge in [-0.3, -0.25) is 4.79 Å². The average Bonchev–Trinajstić information content (AvgIpc) is 2.95. The van der Waals surface area contributed by atoms with Crippen LogP contribution < -0.4 is 26.4 Å². The highest BCUT2D eigenvalue weighted by atomic mass is 16.1. The highest BCUT2D eigenvalue weighted by Crippen LogP contribution is 2.21. The standard InChI is InChI=1S/C18H21N7O/c1-13(26)23-16-7-8-18-24(2)17(11-25(18)10-16)15-5-3-14(4-6-15)9-21-22-12-20-19/h3-8,10-12,21H,9,19H2,1-2H3,(H-,20,22,23,26)/p+1. The summed E-state index contributed by atoms with van der Waals surface area (Å²) >= 11 is 0. The summed E-state index contributed by atoms with van der Waals surface area (Å²) in [6, 6.07) is 12.2. The highest BCUT2D eigenvalue weighted by molar-refractivity contribution is 5.88. The minimum Gasteiger partial charge on any atom is -0.323 e. The molecule has 0 aliphatic heterocycles. The zero-order valence-electron chi connectivity index (χ0n) is 14.7. The number of nitrogens with zero attached hydrogens (tertiary/aromatic N) is 3. The SMILES string of the molecule is CC(=O)Nc1ccc2n(C)c(-c3ccc(CNNC=NN)cc3)c[n+]2c1. The van der Waals surface area contributed by atoms with Crippen LogP contribution in [0.25, 0.3) is 16.9 Å². The van der Waals surface area contributed by atoms with E-state index in [4.69, 9.17) is 5.84 Å². The van der Waals surface area contributed by atoms with E-state index >= 15 is 0 Å². The number of hydrogen-bond acceptors (Lipinski definition) is 4. The topological polar surface area (TPSA) is 101 Å². The van der Waals surface area contributed by atoms with Gasteiger partial charge in [0.15, 0.2) is 5.69 Å². The molecule has 0 aliphatic rings. The summed E-state index contributed by atoms with van der Waals surface area (Å²) in [5.74, 6) is 4.93. The van der Waals surface area contributed by atoms with Crippen molar-refractivity contribution in [2.75, 3.05) is 5.32 Å². The third-order valence-electron chi connectivity index (χ3n) is 4.02. The van der Waals surface area contributed by atoms with Crippen molar-refractivity contribution in [3.63, 3.8) is 0 Å². The van der Waals surface area contributed by atoms with Gasteiger partial charge in [-0.15, -0.1) is 0 Å². The number of aromatic nitrogens is 2. The summed E-state index contributed by atoms with van der Waals surface area (Å²) in [5.41, 5.74) is 10.9. The van der Waals surface area contributed by atoms with Crippen LogP contribution in [0.2, 0.25) is 0 Å². The number of rotatable bonds is 6. The van der Waals surface area contributed by atoms with E-state index in [2.05, 4.69) is 50.1 Å². The molecule has 1 amide bonds. The maximum atomic E-state index is 11.2. The fraction of sp³-hybridized carbons (Fsp3) is 0.167. The predicted molar refractivity (Wildman–Crippen MR) is 101 cm³/mol. The number of carbonyl (C=O) groups is 1. The van der Waals surface area contributed by atoms with Crippen LogP contribution >= 0.6 is 0 Å². The lowest BCUT2D eigenvalue weighted by atomic mass is 10.1. The Bertz CT molecular complexity index is 944. The van der Waals surface area contributed by atoms with Crippen molar-refractivity contribution in [1.82, 2.24) is 15.4 Å². The number of nitrogens with two attached hydrogens (primary N) is 1. The van der Waals surface area contributed by atoms with Gasteiger partial charge in [0.05, 0.1) is 12.7 Å². The lowest BCUT2D eigenvalue weighted by molar-refractivity contribution is -0.509. The smallest absolute Gasteiger partial charge is 0.286 e. The quantitative estimate of drug-likeness (QED) is 0.132. The molecule has 134 valence electrons. The predicted octanol–water partition coefficient (Wildman–Crippen LogP) is 0.885. The van der Waals surface area contributed by atoms with Crippen LogP contribution in [-0.2, 0) is 18.4 Å². The van der Waals surface area contributed by atoms with Crippen LogP contribution in [-0.4, -0.2) is 16.8 Å². The van der Waals surface area contributed by atoms with Crippen LogP contribution in [0.15, 0.2) is 53.9 Å². The average molecular weight is 352 g/mol. The first-order valence-electron chi connectivity index (χ1n) is 8.16. The Labute approximate surface area is 151 Å². The van der Waals surface area contributed by atoms with Crippen molar-refractivity contribution in [2.24, 2.45) is 18.0 Å². The summed E-state index contributed by atoms with van der Waals surface area (Å²) in [5, 5.41) is 6.15. The largest absolute Gasteiger partial charge is 0.323 e. The van der Waals surface area contributed by atoms with Gasteiger partial charge in [-0.25, -0.2) is 14.4 Å². The van der Waals surface area contributed by atoms with Crippen molar-refractivity contribution in [1.29, 1.82) is 0 Å². The van der Waals surface area contributed by atoms with E-state index in [1.54, 1.807) is 0 Å². The molecule has 2 heterocycles. The Morgan fingerprint density at radius 1 is 1.23 bits per heavy atom. The van der Waals surface area contributed by atoms with Gasteiger partial charge in [-0.1, -0.05) is 24.3 Å². The fourth-order valence-corrected chi connectivity index (χ4v) is 2.81. The lowest BCUT2D eigenvalue weighted by Crippen LogP contribution is -2.30. The normalized spacial score (nSPS) is 11.2. The first-order valence-corrected chi connectivity index (χ1v) is 8.16. The Kier molecular flexibility index (Phi) is 5.14. The molecule has 0 atom stereocenters. The van der Waals surface area contributed by atoms with Gasteiger partial charge < -0.3 is 16.6 Å². The van der Waals surface area contributed by atoms with E-state index in [9.17, 15) is 4.79 Å². The molecular weight excluding hydrogens is 330 g/mol. The number of pyridine rings is 1. The second kappa shape index (κ2) is 7.66.